The van der Waals surface area contributed by atoms with Crippen molar-refractivity contribution in [2.45, 2.75) is 4.90 Å². The molecule has 24 heavy (non-hydrogen) atoms. The number of rotatable bonds is 4. The molecule has 0 aliphatic carbocycles. The van der Waals surface area contributed by atoms with Gasteiger partial charge in [0.25, 0.3) is 11.8 Å². The van der Waals surface area contributed by atoms with Crippen LogP contribution in [0.2, 0.25) is 0 Å². The van der Waals surface area contributed by atoms with Crippen molar-refractivity contribution >= 4 is 33.2 Å². The molecule has 0 atom stereocenters. The number of hydrogen-bond donors (Lipinski definition) is 2. The molecule has 2 rings (SSSR count). The Balaban J connectivity index is 2.19. The molecule has 0 saturated carbocycles. The Morgan fingerprint density at radius 2 is 1.79 bits per heavy atom. The van der Waals surface area contributed by atoms with Gasteiger partial charge < -0.3 is 0 Å². The number of sulfonamides is 1. The van der Waals surface area contributed by atoms with Gasteiger partial charge in [0.05, 0.1) is 16.0 Å². The zero-order valence-corrected chi connectivity index (χ0v) is 14.4. The van der Waals surface area contributed by atoms with Gasteiger partial charge in [-0.05, 0) is 29.6 Å². The Labute approximate surface area is 142 Å². The van der Waals surface area contributed by atoms with Gasteiger partial charge in [-0.2, -0.15) is 11.3 Å². The molecule has 128 valence electrons. The molecular weight excluding hydrogens is 357 g/mol. The summed E-state index contributed by atoms with van der Waals surface area (Å²) < 4.78 is 38.9. The molecular formula is C14H14FN3O4S2. The van der Waals surface area contributed by atoms with Gasteiger partial charge in [-0.15, -0.1) is 0 Å². The quantitative estimate of drug-likeness (QED) is 0.790. The van der Waals surface area contributed by atoms with Crippen molar-refractivity contribution in [1.82, 2.24) is 15.2 Å². The minimum absolute atomic E-state index is 0.233. The van der Waals surface area contributed by atoms with E-state index in [4.69, 9.17) is 0 Å². The zero-order chi connectivity index (χ0) is 17.9. The first-order valence-electron chi connectivity index (χ1n) is 6.58. The zero-order valence-electron chi connectivity index (χ0n) is 12.7. The second-order valence-electron chi connectivity index (χ2n) is 4.85. The number of hydrazine groups is 1. The summed E-state index contributed by atoms with van der Waals surface area (Å²) in [5, 5.41) is 3.26. The van der Waals surface area contributed by atoms with Crippen LogP contribution < -0.4 is 10.9 Å². The minimum atomic E-state index is -3.82. The average Bonchev–Trinajstić information content (AvgIpc) is 3.06. The molecule has 10 heteroatoms. The third-order valence-corrected chi connectivity index (χ3v) is 5.53. The third-order valence-electron chi connectivity index (χ3n) is 3.03. The van der Waals surface area contributed by atoms with E-state index < -0.39 is 33.2 Å². The SMILES string of the molecule is CN(C)S(=O)(=O)c1ccc(F)c(C(=O)NNC(=O)c2ccsc2)c1. The maximum absolute atomic E-state index is 13.8. The number of hydrogen-bond acceptors (Lipinski definition) is 5. The maximum atomic E-state index is 13.8. The van der Waals surface area contributed by atoms with Gasteiger partial charge in [0, 0.05) is 19.5 Å². The monoisotopic (exact) mass is 371 g/mol. The normalized spacial score (nSPS) is 11.3. The first kappa shape index (κ1) is 18.0. The van der Waals surface area contributed by atoms with Crippen LogP contribution in [0.3, 0.4) is 0 Å². The number of benzene rings is 1. The van der Waals surface area contributed by atoms with Crippen molar-refractivity contribution < 1.29 is 22.4 Å². The van der Waals surface area contributed by atoms with E-state index in [0.29, 0.717) is 5.56 Å². The predicted octanol–water partition coefficient (Wildman–Crippen LogP) is 1.21. The van der Waals surface area contributed by atoms with Gasteiger partial charge >= 0.3 is 0 Å². The van der Waals surface area contributed by atoms with E-state index in [-0.39, 0.29) is 4.90 Å². The number of carbonyl (C=O) groups is 2. The number of halogens is 1. The van der Waals surface area contributed by atoms with Gasteiger partial charge in [-0.3, -0.25) is 20.4 Å². The lowest BCUT2D eigenvalue weighted by atomic mass is 10.2. The molecule has 0 spiro atoms. The summed E-state index contributed by atoms with van der Waals surface area (Å²) in [6, 6.07) is 4.41. The van der Waals surface area contributed by atoms with Crippen molar-refractivity contribution in [2.24, 2.45) is 0 Å². The van der Waals surface area contributed by atoms with E-state index in [1.165, 1.54) is 25.4 Å². The highest BCUT2D eigenvalue weighted by Crippen LogP contribution is 2.17. The van der Waals surface area contributed by atoms with Gasteiger partial charge in [0.2, 0.25) is 10.0 Å². The standard InChI is InChI=1S/C14H14FN3O4S2/c1-18(2)24(21,22)10-3-4-12(15)11(7-10)14(20)17-16-13(19)9-5-6-23-8-9/h3-8H,1-2H3,(H,16,19)(H,17,20). The van der Waals surface area contributed by atoms with Crippen LogP contribution >= 0.6 is 11.3 Å². The van der Waals surface area contributed by atoms with Crippen LogP contribution in [0.1, 0.15) is 20.7 Å². The molecule has 2 N–H and O–H groups in total. The molecule has 0 bridgehead atoms. The highest BCUT2D eigenvalue weighted by molar-refractivity contribution is 7.89. The van der Waals surface area contributed by atoms with E-state index in [1.54, 1.807) is 16.8 Å². The summed E-state index contributed by atoms with van der Waals surface area (Å²) in [7, 11) is -1.18. The third kappa shape index (κ3) is 3.78. The lowest BCUT2D eigenvalue weighted by molar-refractivity contribution is 0.0844. The topological polar surface area (TPSA) is 95.6 Å². The Bertz CT molecular complexity index is 864. The van der Waals surface area contributed by atoms with E-state index >= 15 is 0 Å². The Hall–Kier alpha value is -2.30. The molecule has 1 aromatic carbocycles. The average molecular weight is 371 g/mol. The fraction of sp³-hybridized carbons (Fsp3) is 0.143. The molecule has 0 radical (unpaired) electrons. The van der Waals surface area contributed by atoms with Crippen LogP contribution in [0.4, 0.5) is 4.39 Å². The maximum Gasteiger partial charge on any atom is 0.272 e. The molecule has 7 nitrogen and oxygen atoms in total. The Kier molecular flexibility index (Phi) is 5.32. The fourth-order valence-electron chi connectivity index (χ4n) is 1.70. The van der Waals surface area contributed by atoms with Gasteiger partial charge in [-0.25, -0.2) is 17.1 Å². The lowest BCUT2D eigenvalue weighted by Crippen LogP contribution is -2.41. The first-order valence-corrected chi connectivity index (χ1v) is 8.96. The van der Waals surface area contributed by atoms with Crippen molar-refractivity contribution in [3.8, 4) is 0 Å². The van der Waals surface area contributed by atoms with Crippen LogP contribution in [0, 0.1) is 5.82 Å². The van der Waals surface area contributed by atoms with E-state index in [2.05, 4.69) is 10.9 Å². The lowest BCUT2D eigenvalue weighted by Gasteiger charge is -2.13. The second kappa shape index (κ2) is 7.07. The van der Waals surface area contributed by atoms with E-state index in [9.17, 15) is 22.4 Å². The number of amides is 2. The second-order valence-corrected chi connectivity index (χ2v) is 7.78. The largest absolute Gasteiger partial charge is 0.272 e. The van der Waals surface area contributed by atoms with Crippen LogP contribution in [-0.2, 0) is 10.0 Å². The van der Waals surface area contributed by atoms with E-state index in [1.807, 2.05) is 0 Å². The molecule has 0 saturated heterocycles. The molecule has 2 aromatic rings. The Morgan fingerprint density at radius 1 is 1.12 bits per heavy atom. The van der Waals surface area contributed by atoms with Crippen molar-refractivity contribution in [1.29, 1.82) is 0 Å². The van der Waals surface area contributed by atoms with Crippen LogP contribution in [0.25, 0.3) is 0 Å². The molecule has 1 heterocycles. The highest BCUT2D eigenvalue weighted by atomic mass is 32.2. The highest BCUT2D eigenvalue weighted by Gasteiger charge is 2.21. The summed E-state index contributed by atoms with van der Waals surface area (Å²) in [6.07, 6.45) is 0. The smallest absolute Gasteiger partial charge is 0.267 e. The van der Waals surface area contributed by atoms with Crippen LogP contribution in [0.15, 0.2) is 39.9 Å². The van der Waals surface area contributed by atoms with E-state index in [0.717, 1.165) is 22.5 Å². The van der Waals surface area contributed by atoms with Crippen molar-refractivity contribution in [2.75, 3.05) is 14.1 Å². The molecule has 0 aliphatic rings. The van der Waals surface area contributed by atoms with Gasteiger partial charge in [0.15, 0.2) is 0 Å². The summed E-state index contributed by atoms with van der Waals surface area (Å²) in [5.41, 5.74) is 4.03. The number of thiophene rings is 1. The molecule has 2 amide bonds. The molecule has 1 aromatic heterocycles. The number of nitrogens with zero attached hydrogens (tertiary/aromatic N) is 1. The van der Waals surface area contributed by atoms with Crippen LogP contribution in [0.5, 0.6) is 0 Å². The van der Waals surface area contributed by atoms with Gasteiger partial charge in [-0.1, -0.05) is 0 Å². The summed E-state index contributed by atoms with van der Waals surface area (Å²) in [6.45, 7) is 0. The van der Waals surface area contributed by atoms with Crippen molar-refractivity contribution in [3.63, 3.8) is 0 Å². The number of nitrogens with one attached hydrogen (secondary N) is 2. The minimum Gasteiger partial charge on any atom is -0.267 e. The van der Waals surface area contributed by atoms with Crippen molar-refractivity contribution in [3.05, 3.63) is 52.0 Å². The fourth-order valence-corrected chi connectivity index (χ4v) is 3.26. The first-order chi connectivity index (χ1) is 11.2. The summed E-state index contributed by atoms with van der Waals surface area (Å²) in [4.78, 5) is 23.5. The molecule has 0 fully saturated rings. The van der Waals surface area contributed by atoms with Gasteiger partial charge in [0.1, 0.15) is 5.82 Å². The Morgan fingerprint density at radius 3 is 2.38 bits per heavy atom. The van der Waals surface area contributed by atoms with Crippen LogP contribution in [-0.4, -0.2) is 38.6 Å². The predicted molar refractivity (Wildman–Crippen MR) is 86.5 cm³/mol. The summed E-state index contributed by atoms with van der Waals surface area (Å²) in [5.74, 6) is -2.44. The summed E-state index contributed by atoms with van der Waals surface area (Å²) >= 11 is 1.30. The molecule has 0 unspecified atom stereocenters. The number of carbonyl (C=O) groups excluding carboxylic acids is 2. The molecule has 0 aliphatic heterocycles.